The molecule has 0 aliphatic carbocycles. The van der Waals surface area contributed by atoms with E-state index in [1.54, 1.807) is 36.2 Å². The standard InChI is InChI=1S/C12H15BrClNO2/c1-9(7-13)15(2)12(16)8-17-11-5-3-4-10(14)6-11/h3-6,9H,7-8H2,1-2H3. The van der Waals surface area contributed by atoms with E-state index in [1.165, 1.54) is 0 Å². The van der Waals surface area contributed by atoms with Crippen LogP contribution < -0.4 is 4.74 Å². The van der Waals surface area contributed by atoms with Crippen molar-refractivity contribution in [3.8, 4) is 5.75 Å². The molecule has 0 saturated carbocycles. The Morgan fingerprint density at radius 3 is 2.88 bits per heavy atom. The number of halogens is 2. The summed E-state index contributed by atoms with van der Waals surface area (Å²) in [5, 5.41) is 1.34. The molecule has 94 valence electrons. The fourth-order valence-corrected chi connectivity index (χ4v) is 1.77. The Morgan fingerprint density at radius 1 is 1.59 bits per heavy atom. The molecule has 0 fully saturated rings. The minimum Gasteiger partial charge on any atom is -0.484 e. The number of hydrogen-bond acceptors (Lipinski definition) is 2. The molecule has 17 heavy (non-hydrogen) atoms. The highest BCUT2D eigenvalue weighted by atomic mass is 79.9. The maximum absolute atomic E-state index is 11.7. The molecule has 0 saturated heterocycles. The second-order valence-corrected chi connectivity index (χ2v) is 4.84. The first-order valence-corrected chi connectivity index (χ1v) is 6.74. The highest BCUT2D eigenvalue weighted by Gasteiger charge is 2.14. The van der Waals surface area contributed by atoms with Crippen molar-refractivity contribution in [1.82, 2.24) is 4.90 Å². The van der Waals surface area contributed by atoms with E-state index >= 15 is 0 Å². The Morgan fingerprint density at radius 2 is 2.29 bits per heavy atom. The largest absolute Gasteiger partial charge is 0.484 e. The highest BCUT2D eigenvalue weighted by molar-refractivity contribution is 9.09. The van der Waals surface area contributed by atoms with E-state index in [1.807, 2.05) is 6.92 Å². The molecule has 1 atom stereocenters. The zero-order valence-corrected chi connectivity index (χ0v) is 12.2. The van der Waals surface area contributed by atoms with Gasteiger partial charge in [0.2, 0.25) is 0 Å². The van der Waals surface area contributed by atoms with Gasteiger partial charge in [0, 0.05) is 23.4 Å². The number of carbonyl (C=O) groups excluding carboxylic acids is 1. The van der Waals surface area contributed by atoms with Crippen LogP contribution in [0.25, 0.3) is 0 Å². The SMILES string of the molecule is CC(CBr)N(C)C(=O)COc1cccc(Cl)c1. The minimum atomic E-state index is -0.0584. The number of amides is 1. The maximum Gasteiger partial charge on any atom is 0.260 e. The van der Waals surface area contributed by atoms with Gasteiger partial charge in [0.05, 0.1) is 0 Å². The summed E-state index contributed by atoms with van der Waals surface area (Å²) in [5.74, 6) is 0.544. The lowest BCUT2D eigenvalue weighted by Crippen LogP contribution is -2.39. The lowest BCUT2D eigenvalue weighted by atomic mass is 10.3. The molecule has 1 rings (SSSR count). The second-order valence-electron chi connectivity index (χ2n) is 3.75. The lowest BCUT2D eigenvalue weighted by Gasteiger charge is -2.23. The molecule has 1 aromatic rings. The van der Waals surface area contributed by atoms with Crippen LogP contribution in [0.3, 0.4) is 0 Å². The van der Waals surface area contributed by atoms with Crippen molar-refractivity contribution in [1.29, 1.82) is 0 Å². The summed E-state index contributed by atoms with van der Waals surface area (Å²) >= 11 is 9.15. The number of nitrogens with zero attached hydrogens (tertiary/aromatic N) is 1. The first-order valence-electron chi connectivity index (χ1n) is 5.24. The third-order valence-electron chi connectivity index (χ3n) is 2.44. The average molecular weight is 321 g/mol. The molecule has 1 unspecified atom stereocenters. The molecule has 1 amide bonds. The van der Waals surface area contributed by atoms with Crippen LogP contribution in [-0.2, 0) is 4.79 Å². The van der Waals surface area contributed by atoms with E-state index in [-0.39, 0.29) is 18.6 Å². The summed E-state index contributed by atoms with van der Waals surface area (Å²) in [6, 6.07) is 7.14. The second kappa shape index (κ2) is 6.87. The van der Waals surface area contributed by atoms with Crippen LogP contribution >= 0.6 is 27.5 Å². The van der Waals surface area contributed by atoms with E-state index < -0.39 is 0 Å². The highest BCUT2D eigenvalue weighted by Crippen LogP contribution is 2.17. The fraction of sp³-hybridized carbons (Fsp3) is 0.417. The van der Waals surface area contributed by atoms with Gasteiger partial charge in [-0.15, -0.1) is 0 Å². The monoisotopic (exact) mass is 319 g/mol. The van der Waals surface area contributed by atoms with Crippen LogP contribution in [0.5, 0.6) is 5.75 Å². The Bertz CT molecular complexity index is 387. The predicted molar refractivity (Wildman–Crippen MR) is 73.0 cm³/mol. The van der Waals surface area contributed by atoms with E-state index in [4.69, 9.17) is 16.3 Å². The molecule has 5 heteroatoms. The number of alkyl halides is 1. The van der Waals surface area contributed by atoms with Gasteiger partial charge in [-0.1, -0.05) is 33.6 Å². The Labute approximate surface area is 115 Å². The molecule has 0 bridgehead atoms. The van der Waals surface area contributed by atoms with Crippen LogP contribution in [0.15, 0.2) is 24.3 Å². The van der Waals surface area contributed by atoms with Gasteiger partial charge in [0.25, 0.3) is 5.91 Å². The summed E-state index contributed by atoms with van der Waals surface area (Å²) < 4.78 is 5.37. The minimum absolute atomic E-state index is 0.0220. The van der Waals surface area contributed by atoms with Crippen molar-refractivity contribution in [3.05, 3.63) is 29.3 Å². The van der Waals surface area contributed by atoms with Crippen LogP contribution in [0.1, 0.15) is 6.92 Å². The molecule has 3 nitrogen and oxygen atoms in total. The van der Waals surface area contributed by atoms with Crippen molar-refractivity contribution in [3.63, 3.8) is 0 Å². The van der Waals surface area contributed by atoms with Crippen molar-refractivity contribution in [2.45, 2.75) is 13.0 Å². The molecule has 0 spiro atoms. The first-order chi connectivity index (χ1) is 8.04. The van der Waals surface area contributed by atoms with Gasteiger partial charge in [0.1, 0.15) is 5.75 Å². The van der Waals surface area contributed by atoms with Gasteiger partial charge >= 0.3 is 0 Å². The molecule has 0 aliphatic rings. The Kier molecular flexibility index (Phi) is 5.78. The summed E-state index contributed by atoms with van der Waals surface area (Å²) in [6.07, 6.45) is 0. The summed E-state index contributed by atoms with van der Waals surface area (Å²) in [6.45, 7) is 1.99. The zero-order valence-electron chi connectivity index (χ0n) is 9.82. The fourth-order valence-electron chi connectivity index (χ4n) is 1.15. The quantitative estimate of drug-likeness (QED) is 0.781. The summed E-state index contributed by atoms with van der Waals surface area (Å²) in [7, 11) is 1.76. The molecular weight excluding hydrogens is 305 g/mol. The molecule has 1 aromatic carbocycles. The van der Waals surface area contributed by atoms with Crippen LogP contribution in [0.2, 0.25) is 5.02 Å². The van der Waals surface area contributed by atoms with Gasteiger partial charge in [0.15, 0.2) is 6.61 Å². The van der Waals surface area contributed by atoms with Crippen molar-refractivity contribution in [2.75, 3.05) is 19.0 Å². The van der Waals surface area contributed by atoms with Gasteiger partial charge in [-0.05, 0) is 25.1 Å². The van der Waals surface area contributed by atoms with Crippen LogP contribution in [-0.4, -0.2) is 35.8 Å². The normalized spacial score (nSPS) is 12.0. The van der Waals surface area contributed by atoms with Crippen molar-refractivity contribution < 1.29 is 9.53 Å². The first kappa shape index (κ1) is 14.3. The number of hydrogen-bond donors (Lipinski definition) is 0. The summed E-state index contributed by atoms with van der Waals surface area (Å²) in [5.41, 5.74) is 0. The number of likely N-dealkylation sites (N-methyl/N-ethyl adjacent to an activating group) is 1. The molecule has 0 aliphatic heterocycles. The van der Waals surface area contributed by atoms with Crippen LogP contribution in [0.4, 0.5) is 0 Å². The lowest BCUT2D eigenvalue weighted by molar-refractivity contribution is -0.133. The zero-order chi connectivity index (χ0) is 12.8. The van der Waals surface area contributed by atoms with Gasteiger partial charge in [-0.25, -0.2) is 0 Å². The topological polar surface area (TPSA) is 29.5 Å². The van der Waals surface area contributed by atoms with Crippen LogP contribution in [0, 0.1) is 0 Å². The number of carbonyl (C=O) groups is 1. The van der Waals surface area contributed by atoms with E-state index in [0.29, 0.717) is 10.8 Å². The smallest absolute Gasteiger partial charge is 0.260 e. The van der Waals surface area contributed by atoms with Gasteiger partial charge in [-0.3, -0.25) is 4.79 Å². The Balaban J connectivity index is 2.48. The summed E-state index contributed by atoms with van der Waals surface area (Å²) in [4.78, 5) is 13.4. The van der Waals surface area contributed by atoms with E-state index in [0.717, 1.165) is 5.33 Å². The third-order valence-corrected chi connectivity index (χ3v) is 3.61. The molecular formula is C12H15BrClNO2. The van der Waals surface area contributed by atoms with Crippen molar-refractivity contribution >= 4 is 33.4 Å². The Hall–Kier alpha value is -0.740. The van der Waals surface area contributed by atoms with Gasteiger partial charge < -0.3 is 9.64 Å². The molecule has 0 heterocycles. The maximum atomic E-state index is 11.7. The van der Waals surface area contributed by atoms with E-state index in [9.17, 15) is 4.79 Å². The number of ether oxygens (including phenoxy) is 1. The number of rotatable bonds is 5. The average Bonchev–Trinajstić information content (AvgIpc) is 2.34. The van der Waals surface area contributed by atoms with E-state index in [2.05, 4.69) is 15.9 Å². The van der Waals surface area contributed by atoms with Gasteiger partial charge in [-0.2, -0.15) is 0 Å². The van der Waals surface area contributed by atoms with Crippen molar-refractivity contribution in [2.24, 2.45) is 0 Å². The molecule has 0 radical (unpaired) electrons. The number of benzene rings is 1. The predicted octanol–water partition coefficient (Wildman–Crippen LogP) is 2.96. The molecule has 0 N–H and O–H groups in total. The third kappa shape index (κ3) is 4.56. The molecule has 0 aromatic heterocycles.